The van der Waals surface area contributed by atoms with Gasteiger partial charge in [-0.25, -0.2) is 5.26 Å². The Labute approximate surface area is 139 Å². The van der Waals surface area contributed by atoms with E-state index >= 15 is 0 Å². The Kier molecular flexibility index (Phi) is 2.64. The van der Waals surface area contributed by atoms with Crippen LogP contribution in [0.15, 0.2) is 24.3 Å². The first-order valence-electron chi connectivity index (χ1n) is 8.22. The molecule has 1 aromatic rings. The van der Waals surface area contributed by atoms with E-state index in [0.717, 1.165) is 30.5 Å². The van der Waals surface area contributed by atoms with E-state index in [2.05, 4.69) is 16.8 Å². The molecule has 126 valence electrons. The number of methoxy groups -OCH3 is 1. The summed E-state index contributed by atoms with van der Waals surface area (Å²) in [6.07, 6.45) is 4.44. The number of nitrogens with zero attached hydrogens (tertiary/aromatic N) is 1. The van der Waals surface area contributed by atoms with E-state index in [1.54, 1.807) is 19.3 Å². The number of hydrogen-bond donors (Lipinski definition) is 1. The van der Waals surface area contributed by atoms with Crippen molar-refractivity contribution in [1.82, 2.24) is 4.90 Å². The Morgan fingerprint density at radius 2 is 2.25 bits per heavy atom. The summed E-state index contributed by atoms with van der Waals surface area (Å²) >= 11 is 0. The molecule has 0 saturated carbocycles. The summed E-state index contributed by atoms with van der Waals surface area (Å²) in [5.74, 6) is 0.688. The lowest BCUT2D eigenvalue weighted by Crippen LogP contribution is -2.75. The van der Waals surface area contributed by atoms with Crippen LogP contribution in [-0.2, 0) is 21.4 Å². The van der Waals surface area contributed by atoms with E-state index in [4.69, 9.17) is 9.47 Å². The van der Waals surface area contributed by atoms with Crippen LogP contribution in [0.5, 0.6) is 11.5 Å². The number of piperidine rings is 1. The second kappa shape index (κ2) is 4.39. The summed E-state index contributed by atoms with van der Waals surface area (Å²) in [5, 5.41) is 9.24. The molecule has 2 aliphatic carbocycles. The van der Waals surface area contributed by atoms with Gasteiger partial charge in [-0.1, -0.05) is 6.07 Å². The molecule has 1 fully saturated rings. The highest BCUT2D eigenvalue weighted by molar-refractivity contribution is 5.99. The zero-order chi connectivity index (χ0) is 16.7. The van der Waals surface area contributed by atoms with Crippen LogP contribution in [0.2, 0.25) is 0 Å². The number of ether oxygens (including phenoxy) is 2. The average Bonchev–Trinajstić information content (AvgIpc) is 2.95. The van der Waals surface area contributed by atoms with Crippen LogP contribution in [0.25, 0.3) is 0 Å². The van der Waals surface area contributed by atoms with Gasteiger partial charge in [-0.3, -0.25) is 9.69 Å². The molecule has 2 heterocycles. The van der Waals surface area contributed by atoms with Crippen molar-refractivity contribution in [1.29, 1.82) is 0 Å². The van der Waals surface area contributed by atoms with Crippen LogP contribution in [0.3, 0.4) is 0 Å². The second-order valence-corrected chi connectivity index (χ2v) is 7.17. The van der Waals surface area contributed by atoms with Gasteiger partial charge in [0.2, 0.25) is 5.75 Å². The molecule has 0 unspecified atom stereocenters. The smallest absolute Gasteiger partial charge is 0.207 e. The SMILES string of the molecule is CO[C@@]12C=CC(=O)[C@@H]3Oc4c(OO)ccc5c4[C@@]31CCN(C)[C@@H]2C5. The third-order valence-corrected chi connectivity index (χ3v) is 6.52. The fourth-order valence-corrected chi connectivity index (χ4v) is 5.54. The van der Waals surface area contributed by atoms with E-state index in [9.17, 15) is 10.1 Å². The Bertz CT molecular complexity index is 790. The monoisotopic (exact) mass is 329 g/mol. The fraction of sp³-hybridized carbons (Fsp3) is 0.500. The van der Waals surface area contributed by atoms with Crippen molar-refractivity contribution < 1.29 is 24.4 Å². The maximum absolute atomic E-state index is 12.7. The first kappa shape index (κ1) is 14.5. The van der Waals surface area contributed by atoms with Crippen LogP contribution < -0.4 is 9.62 Å². The molecule has 5 rings (SSSR count). The molecular formula is C18H19NO5. The summed E-state index contributed by atoms with van der Waals surface area (Å²) in [4.78, 5) is 19.5. The minimum Gasteiger partial charge on any atom is -0.477 e. The Balaban J connectivity index is 1.89. The minimum atomic E-state index is -0.635. The van der Waals surface area contributed by atoms with E-state index < -0.39 is 17.1 Å². The summed E-state index contributed by atoms with van der Waals surface area (Å²) < 4.78 is 12.2. The number of likely N-dealkylation sites (N-methyl/N-ethyl adjacent to an activating group) is 1. The zero-order valence-electron chi connectivity index (χ0n) is 13.6. The summed E-state index contributed by atoms with van der Waals surface area (Å²) in [7, 11) is 3.81. The second-order valence-electron chi connectivity index (χ2n) is 7.17. The lowest BCUT2D eigenvalue weighted by atomic mass is 9.50. The highest BCUT2D eigenvalue weighted by atomic mass is 17.1. The topological polar surface area (TPSA) is 68.2 Å². The molecule has 6 nitrogen and oxygen atoms in total. The van der Waals surface area contributed by atoms with Crippen molar-refractivity contribution >= 4 is 5.78 Å². The number of carbonyl (C=O) groups is 1. The molecule has 1 saturated heterocycles. The van der Waals surface area contributed by atoms with Crippen LogP contribution in [0.4, 0.5) is 0 Å². The van der Waals surface area contributed by atoms with Crippen molar-refractivity contribution in [3.8, 4) is 11.5 Å². The van der Waals surface area contributed by atoms with Crippen LogP contribution in [0, 0.1) is 0 Å². The maximum atomic E-state index is 12.7. The number of rotatable bonds is 2. The molecule has 0 amide bonds. The van der Waals surface area contributed by atoms with Gasteiger partial charge in [0, 0.05) is 18.7 Å². The van der Waals surface area contributed by atoms with Gasteiger partial charge in [0.05, 0.1) is 5.41 Å². The minimum absolute atomic E-state index is 0.0566. The first-order chi connectivity index (χ1) is 11.6. The third-order valence-electron chi connectivity index (χ3n) is 6.52. The molecule has 24 heavy (non-hydrogen) atoms. The molecule has 4 atom stereocenters. The number of hydrogen-bond acceptors (Lipinski definition) is 6. The van der Waals surface area contributed by atoms with Gasteiger partial charge >= 0.3 is 0 Å². The number of carbonyl (C=O) groups excluding carboxylic acids is 1. The van der Waals surface area contributed by atoms with Crippen LogP contribution >= 0.6 is 0 Å². The summed E-state index contributed by atoms with van der Waals surface area (Å²) in [5.41, 5.74) is 0.927. The van der Waals surface area contributed by atoms with Crippen molar-refractivity contribution in [2.24, 2.45) is 0 Å². The highest BCUT2D eigenvalue weighted by Gasteiger charge is 2.72. The average molecular weight is 329 g/mol. The quantitative estimate of drug-likeness (QED) is 0.652. The zero-order valence-corrected chi connectivity index (χ0v) is 13.6. The van der Waals surface area contributed by atoms with Gasteiger partial charge in [-0.15, -0.1) is 0 Å². The number of benzene rings is 1. The molecule has 0 radical (unpaired) electrons. The molecule has 2 bridgehead atoms. The van der Waals surface area contributed by atoms with E-state index in [1.165, 1.54) is 0 Å². The van der Waals surface area contributed by atoms with Crippen LogP contribution in [0.1, 0.15) is 17.5 Å². The highest BCUT2D eigenvalue weighted by Crippen LogP contribution is 2.64. The molecule has 2 aliphatic heterocycles. The van der Waals surface area contributed by atoms with Crippen molar-refractivity contribution in [3.63, 3.8) is 0 Å². The Morgan fingerprint density at radius 3 is 3.00 bits per heavy atom. The van der Waals surface area contributed by atoms with Gasteiger partial charge < -0.3 is 14.4 Å². The fourth-order valence-electron chi connectivity index (χ4n) is 5.54. The van der Waals surface area contributed by atoms with Gasteiger partial charge in [-0.05, 0) is 50.2 Å². The number of ketones is 1. The van der Waals surface area contributed by atoms with Gasteiger partial charge in [0.25, 0.3) is 0 Å². The van der Waals surface area contributed by atoms with Gasteiger partial charge in [-0.2, -0.15) is 0 Å². The molecule has 1 spiro atoms. The van der Waals surface area contributed by atoms with Crippen molar-refractivity contribution in [2.75, 3.05) is 20.7 Å². The molecule has 0 aromatic heterocycles. The lowest BCUT2D eigenvalue weighted by molar-refractivity contribution is -0.163. The predicted octanol–water partition coefficient (Wildman–Crippen LogP) is 1.32. The third kappa shape index (κ3) is 1.30. The van der Waals surface area contributed by atoms with Crippen molar-refractivity contribution in [3.05, 3.63) is 35.4 Å². The molecule has 6 heteroatoms. The maximum Gasteiger partial charge on any atom is 0.207 e. The summed E-state index contributed by atoms with van der Waals surface area (Å²) in [6, 6.07) is 3.80. The van der Waals surface area contributed by atoms with Gasteiger partial charge in [0.15, 0.2) is 17.6 Å². The molecule has 1 aromatic carbocycles. The normalized spacial score (nSPS) is 38.7. The standard InChI is InChI=1S/C18H19NO5/c1-19-8-7-17-14-10-3-4-12(24-21)15(14)23-16(17)11(20)5-6-18(17,22-2)13(19)9-10/h3-6,13,16,21H,7-9H2,1-2H3/t13-,16+,17+,18-/m1/s1. The van der Waals surface area contributed by atoms with Crippen molar-refractivity contribution in [2.45, 2.75) is 36.0 Å². The number of likely N-dealkylation sites (tertiary alicyclic amines) is 1. The first-order valence-corrected chi connectivity index (χ1v) is 8.22. The summed E-state index contributed by atoms with van der Waals surface area (Å²) in [6.45, 7) is 0.861. The predicted molar refractivity (Wildman–Crippen MR) is 84.4 cm³/mol. The molecule has 1 N–H and O–H groups in total. The van der Waals surface area contributed by atoms with E-state index in [0.29, 0.717) is 5.75 Å². The Morgan fingerprint density at radius 1 is 1.42 bits per heavy atom. The Hall–Kier alpha value is -1.89. The molecule has 4 aliphatic rings. The lowest BCUT2D eigenvalue weighted by Gasteiger charge is -2.61. The van der Waals surface area contributed by atoms with E-state index in [1.807, 2.05) is 12.1 Å². The van der Waals surface area contributed by atoms with Gasteiger partial charge in [0.1, 0.15) is 5.60 Å². The van der Waals surface area contributed by atoms with E-state index in [-0.39, 0.29) is 17.6 Å². The largest absolute Gasteiger partial charge is 0.477 e. The molecular weight excluding hydrogens is 310 g/mol. The van der Waals surface area contributed by atoms with Crippen LogP contribution in [-0.4, -0.2) is 54.4 Å².